The van der Waals surface area contributed by atoms with Crippen LogP contribution < -0.4 is 0 Å². The number of fused-ring (bicyclic) bond motifs is 7. The van der Waals surface area contributed by atoms with Gasteiger partial charge in [-0.3, -0.25) is 0 Å². The van der Waals surface area contributed by atoms with Gasteiger partial charge in [-0.15, -0.1) is 0 Å². The fourth-order valence-corrected chi connectivity index (χ4v) is 11.3. The van der Waals surface area contributed by atoms with Crippen molar-refractivity contribution in [2.75, 3.05) is 13.2 Å². The maximum atomic E-state index is 11.8. The number of ether oxygens (including phenoxy) is 3. The molecule has 0 radical (unpaired) electrons. The molecule has 260 valence electrons. The molecule has 4 saturated carbocycles. The molecule has 0 aromatic rings. The highest BCUT2D eigenvalue weighted by Crippen LogP contribution is 2.70. The van der Waals surface area contributed by atoms with Crippen LogP contribution in [-0.2, 0) is 14.2 Å². The first-order chi connectivity index (χ1) is 21.1. The van der Waals surface area contributed by atoms with E-state index in [9.17, 15) is 46.0 Å². The minimum atomic E-state index is -1.50. The summed E-state index contributed by atoms with van der Waals surface area (Å²) in [6.07, 6.45) is -6.47. The maximum absolute atomic E-state index is 11.8. The normalized spacial score (nSPS) is 58.3. The van der Waals surface area contributed by atoms with Gasteiger partial charge in [-0.2, -0.15) is 0 Å². The molecule has 4 aliphatic carbocycles. The van der Waals surface area contributed by atoms with Gasteiger partial charge < -0.3 is 60.2 Å². The zero-order valence-corrected chi connectivity index (χ0v) is 26.9. The monoisotopic (exact) mass is 644 g/mol. The van der Waals surface area contributed by atoms with Crippen molar-refractivity contribution in [1.29, 1.82) is 0 Å². The molecule has 6 rings (SSSR count). The molecule has 9 N–H and O–H groups in total. The van der Waals surface area contributed by atoms with Gasteiger partial charge in [0.2, 0.25) is 0 Å². The summed E-state index contributed by atoms with van der Waals surface area (Å²) in [6.45, 7) is 7.96. The van der Waals surface area contributed by atoms with E-state index < -0.39 is 72.9 Å². The van der Waals surface area contributed by atoms with E-state index in [2.05, 4.69) is 13.8 Å². The Balaban J connectivity index is 1.09. The van der Waals surface area contributed by atoms with Crippen LogP contribution in [0.15, 0.2) is 0 Å². The van der Waals surface area contributed by atoms with Crippen molar-refractivity contribution >= 4 is 0 Å². The summed E-state index contributed by atoms with van der Waals surface area (Å²) in [6, 6.07) is 0. The van der Waals surface area contributed by atoms with Crippen molar-refractivity contribution < 1.29 is 60.2 Å². The van der Waals surface area contributed by atoms with E-state index in [0.717, 1.165) is 19.3 Å². The smallest absolute Gasteiger partial charge is 0.186 e. The first kappa shape index (κ1) is 34.4. The SMILES string of the molecule is C[C@H](CC[C@@]1(O)O[C@H]2C[C@H]3[C@@H]4C[C@H](O)[C@@H]5C[C@@H](O)[C@@H](O)[C@@H](O)[C@]5(C)[C@H]4CC[C@]3(C)[C@H]2[C@@H]1C)CO[C@@H]1O[C@H](CO)[C@@H](O)[C@H](O)[C@H]1O. The Kier molecular flexibility index (Phi) is 9.27. The highest BCUT2D eigenvalue weighted by Gasteiger charge is 2.70. The van der Waals surface area contributed by atoms with Crippen molar-refractivity contribution in [2.24, 2.45) is 52.3 Å². The van der Waals surface area contributed by atoms with Crippen LogP contribution in [0.25, 0.3) is 0 Å². The summed E-state index contributed by atoms with van der Waals surface area (Å²) >= 11 is 0. The molecule has 12 nitrogen and oxygen atoms in total. The fraction of sp³-hybridized carbons (Fsp3) is 1.00. The molecule has 0 unspecified atom stereocenters. The lowest BCUT2D eigenvalue weighted by Gasteiger charge is -2.64. The molecular weight excluding hydrogens is 588 g/mol. The average molecular weight is 645 g/mol. The van der Waals surface area contributed by atoms with Gasteiger partial charge in [-0.1, -0.05) is 27.7 Å². The summed E-state index contributed by atoms with van der Waals surface area (Å²) < 4.78 is 17.7. The van der Waals surface area contributed by atoms with E-state index in [1.165, 1.54) is 0 Å². The Labute approximate surface area is 265 Å². The van der Waals surface area contributed by atoms with Gasteiger partial charge in [0.05, 0.1) is 37.6 Å². The van der Waals surface area contributed by atoms with Gasteiger partial charge in [0, 0.05) is 17.8 Å². The highest BCUT2D eigenvalue weighted by molar-refractivity contribution is 5.17. The van der Waals surface area contributed by atoms with Crippen LogP contribution in [0, 0.1) is 52.3 Å². The standard InChI is InChI=1S/C33H56O12/c1-14(13-43-30-28(40)27(39)26(38)23(12-34)44-30)5-8-33(42)15(2)24-22(45-33)11-18-16-9-20(35)19-10-21(36)25(37)29(41)32(19,4)17(16)6-7-31(18,24)3/h14-30,34-42H,5-13H2,1-4H3/t14-,15+,16-,17+,18+,19+,20+,21-,22+,23-,24+,25-,26-,27+,28-,29-,30-,31+,32-,33-/m1/s1. The first-order valence-electron chi connectivity index (χ1n) is 17.1. The molecule has 2 aliphatic heterocycles. The fourth-order valence-electron chi connectivity index (χ4n) is 11.3. The Bertz CT molecular complexity index is 1060. The zero-order valence-electron chi connectivity index (χ0n) is 26.9. The van der Waals surface area contributed by atoms with Crippen LogP contribution in [0.3, 0.4) is 0 Å². The number of aliphatic hydroxyl groups is 9. The topological polar surface area (TPSA) is 210 Å². The van der Waals surface area contributed by atoms with Crippen molar-refractivity contribution in [2.45, 2.75) is 140 Å². The molecule has 0 aromatic heterocycles. The molecule has 12 heteroatoms. The second-order valence-corrected chi connectivity index (χ2v) is 16.2. The van der Waals surface area contributed by atoms with Gasteiger partial charge in [-0.05, 0) is 79.4 Å². The van der Waals surface area contributed by atoms with Gasteiger partial charge in [0.1, 0.15) is 30.5 Å². The number of hydrogen-bond acceptors (Lipinski definition) is 12. The second-order valence-electron chi connectivity index (χ2n) is 16.2. The Hall–Kier alpha value is -0.480. The van der Waals surface area contributed by atoms with Gasteiger partial charge in [-0.25, -0.2) is 0 Å². The predicted octanol–water partition coefficient (Wildman–Crippen LogP) is -0.515. The Morgan fingerprint density at radius 3 is 2.27 bits per heavy atom. The Morgan fingerprint density at radius 1 is 0.867 bits per heavy atom. The van der Waals surface area contributed by atoms with Crippen molar-refractivity contribution in [3.05, 3.63) is 0 Å². The molecule has 0 bridgehead atoms. The molecule has 0 spiro atoms. The minimum absolute atomic E-state index is 0.0513. The van der Waals surface area contributed by atoms with E-state index in [1.54, 1.807) is 0 Å². The van der Waals surface area contributed by atoms with Crippen LogP contribution in [-0.4, -0.2) is 126 Å². The van der Waals surface area contributed by atoms with E-state index in [4.69, 9.17) is 14.2 Å². The molecule has 0 aromatic carbocycles. The van der Waals surface area contributed by atoms with E-state index in [0.29, 0.717) is 19.3 Å². The van der Waals surface area contributed by atoms with E-state index >= 15 is 0 Å². The molecule has 0 amide bonds. The number of hydrogen-bond donors (Lipinski definition) is 9. The minimum Gasteiger partial charge on any atom is -0.394 e. The van der Waals surface area contributed by atoms with Crippen LogP contribution >= 0.6 is 0 Å². The van der Waals surface area contributed by atoms with Crippen LogP contribution in [0.4, 0.5) is 0 Å². The lowest BCUT2D eigenvalue weighted by Crippen LogP contribution is -2.67. The number of aliphatic hydroxyl groups excluding tert-OH is 8. The maximum Gasteiger partial charge on any atom is 0.186 e. The third kappa shape index (κ3) is 5.25. The zero-order chi connectivity index (χ0) is 32.8. The summed E-state index contributed by atoms with van der Waals surface area (Å²) in [7, 11) is 0. The van der Waals surface area contributed by atoms with Gasteiger partial charge in [0.25, 0.3) is 0 Å². The summed E-state index contributed by atoms with van der Waals surface area (Å²) in [4.78, 5) is 0. The van der Waals surface area contributed by atoms with Gasteiger partial charge >= 0.3 is 0 Å². The highest BCUT2D eigenvalue weighted by atomic mass is 16.7. The lowest BCUT2D eigenvalue weighted by atomic mass is 9.43. The predicted molar refractivity (Wildman–Crippen MR) is 158 cm³/mol. The summed E-state index contributed by atoms with van der Waals surface area (Å²) in [5.74, 6) is -1.16. The average Bonchev–Trinajstić information content (AvgIpc) is 3.44. The van der Waals surface area contributed by atoms with Crippen LogP contribution in [0.5, 0.6) is 0 Å². The van der Waals surface area contributed by atoms with E-state index in [-0.39, 0.29) is 66.0 Å². The van der Waals surface area contributed by atoms with Crippen molar-refractivity contribution in [1.82, 2.24) is 0 Å². The second kappa shape index (κ2) is 12.1. The summed E-state index contributed by atoms with van der Waals surface area (Å²) in [5, 5.41) is 95.2. The van der Waals surface area contributed by atoms with Crippen molar-refractivity contribution in [3.63, 3.8) is 0 Å². The van der Waals surface area contributed by atoms with Crippen molar-refractivity contribution in [3.8, 4) is 0 Å². The van der Waals surface area contributed by atoms with Gasteiger partial charge in [0.15, 0.2) is 12.1 Å². The molecule has 45 heavy (non-hydrogen) atoms. The van der Waals surface area contributed by atoms with Crippen LogP contribution in [0.1, 0.15) is 72.6 Å². The quantitative estimate of drug-likeness (QED) is 0.172. The molecular formula is C33H56O12. The molecule has 6 aliphatic rings. The Morgan fingerprint density at radius 2 is 1.58 bits per heavy atom. The first-order valence-corrected chi connectivity index (χ1v) is 17.1. The number of rotatable bonds is 7. The molecule has 2 saturated heterocycles. The molecule has 2 heterocycles. The molecule has 20 atom stereocenters. The summed E-state index contributed by atoms with van der Waals surface area (Å²) in [5.41, 5.74) is -0.810. The van der Waals surface area contributed by atoms with E-state index in [1.807, 2.05) is 13.8 Å². The van der Waals surface area contributed by atoms with Crippen LogP contribution in [0.2, 0.25) is 0 Å². The third-order valence-electron chi connectivity index (χ3n) is 13.9. The largest absolute Gasteiger partial charge is 0.394 e. The lowest BCUT2D eigenvalue weighted by molar-refractivity contribution is -0.303. The molecule has 6 fully saturated rings. The third-order valence-corrected chi connectivity index (χ3v) is 13.9.